The zero-order valence-electron chi connectivity index (χ0n) is 36.7. The molecule has 0 aliphatic carbocycles. The molecule has 0 radical (unpaired) electrons. The molecule has 0 bridgehead atoms. The van der Waals surface area contributed by atoms with Crippen LogP contribution in [-0.2, 0) is 0 Å². The van der Waals surface area contributed by atoms with Gasteiger partial charge in [-0.1, -0.05) is 170 Å². The maximum absolute atomic E-state index is 6.59. The summed E-state index contributed by atoms with van der Waals surface area (Å²) in [4.78, 5) is 0. The van der Waals surface area contributed by atoms with Crippen molar-refractivity contribution in [1.82, 2.24) is 23.9 Å². The lowest BCUT2D eigenvalue weighted by atomic mass is 9.98. The van der Waals surface area contributed by atoms with Gasteiger partial charge in [-0.2, -0.15) is 0 Å². The summed E-state index contributed by atoms with van der Waals surface area (Å²) in [6, 6.07) is 84.1. The van der Waals surface area contributed by atoms with Gasteiger partial charge in [-0.3, -0.25) is 4.57 Å². The number of rotatable bonds is 7. The van der Waals surface area contributed by atoms with Crippen LogP contribution in [0.3, 0.4) is 0 Å². The van der Waals surface area contributed by atoms with Crippen molar-refractivity contribution in [2.75, 3.05) is 0 Å². The Morgan fingerprint density at radius 1 is 0.309 bits per heavy atom. The van der Waals surface area contributed by atoms with Gasteiger partial charge in [-0.05, 0) is 89.0 Å². The predicted octanol–water partition coefficient (Wildman–Crippen LogP) is 16.0. The van der Waals surface area contributed by atoms with Gasteiger partial charge in [0.25, 0.3) is 0 Å². The Morgan fingerprint density at radius 3 is 1.49 bits per heavy atom. The Kier molecular flexibility index (Phi) is 8.48. The average molecular weight is 870 g/mol. The van der Waals surface area contributed by atoms with E-state index >= 15 is 0 Å². The molecule has 0 saturated heterocycles. The fourth-order valence-electron chi connectivity index (χ4n) is 10.6. The molecule has 0 fully saturated rings. The Labute approximate surface area is 390 Å². The van der Waals surface area contributed by atoms with Crippen LogP contribution in [0.1, 0.15) is 0 Å². The molecule has 0 amide bonds. The molecular weight excluding hydrogens is 831 g/mol. The van der Waals surface area contributed by atoms with Crippen LogP contribution < -0.4 is 0 Å². The molecule has 14 aromatic rings. The van der Waals surface area contributed by atoms with E-state index < -0.39 is 0 Å². The highest BCUT2D eigenvalue weighted by atomic mass is 16.3. The highest BCUT2D eigenvalue weighted by Gasteiger charge is 2.24. The van der Waals surface area contributed by atoms with Gasteiger partial charge in [0, 0.05) is 49.4 Å². The van der Waals surface area contributed by atoms with E-state index in [0.717, 1.165) is 117 Å². The molecule has 0 saturated carbocycles. The molecule has 6 heteroatoms. The second kappa shape index (κ2) is 15.2. The van der Waals surface area contributed by atoms with Gasteiger partial charge in [-0.15, -0.1) is 10.2 Å². The zero-order valence-corrected chi connectivity index (χ0v) is 36.7. The number of nitrogens with zero attached hydrogens (tertiary/aromatic N) is 5. The first-order valence-electron chi connectivity index (χ1n) is 23.0. The molecule has 0 aliphatic heterocycles. The van der Waals surface area contributed by atoms with Crippen LogP contribution in [0.4, 0.5) is 0 Å². The largest absolute Gasteiger partial charge is 0.455 e. The van der Waals surface area contributed by atoms with Crippen molar-refractivity contribution in [3.63, 3.8) is 0 Å². The Balaban J connectivity index is 0.905. The topological polar surface area (TPSA) is 53.7 Å². The number of hydrogen-bond donors (Lipinski definition) is 0. The molecule has 4 aromatic heterocycles. The lowest BCUT2D eigenvalue weighted by Crippen LogP contribution is -2.04. The highest BCUT2D eigenvalue weighted by molar-refractivity contribution is 6.24. The Bertz CT molecular complexity index is 4210. The van der Waals surface area contributed by atoms with E-state index in [2.05, 4.69) is 232 Å². The number of para-hydroxylation sites is 4. The summed E-state index contributed by atoms with van der Waals surface area (Å²) in [5.74, 6) is 1.56. The first-order chi connectivity index (χ1) is 33.7. The minimum atomic E-state index is 0.782. The van der Waals surface area contributed by atoms with Gasteiger partial charge < -0.3 is 13.6 Å². The minimum Gasteiger partial charge on any atom is -0.455 e. The fraction of sp³-hybridized carbons (Fsp3) is 0. The van der Waals surface area contributed by atoms with Crippen molar-refractivity contribution in [3.8, 4) is 62.1 Å². The van der Waals surface area contributed by atoms with Crippen LogP contribution in [0.5, 0.6) is 0 Å². The van der Waals surface area contributed by atoms with Gasteiger partial charge in [0.05, 0.1) is 33.1 Å². The number of aromatic nitrogens is 5. The summed E-state index contributed by atoms with van der Waals surface area (Å²) in [5.41, 5.74) is 16.0. The molecule has 0 aliphatic rings. The van der Waals surface area contributed by atoms with Crippen LogP contribution >= 0.6 is 0 Å². The van der Waals surface area contributed by atoms with Crippen LogP contribution in [0.25, 0.3) is 128 Å². The SMILES string of the molecule is c1ccc(-c2nnc(-c3ccccc3)n2-c2cccc3c4ccccc4n(-c4cccc(-c5cccc(-c6cccc(-n7c8ccccc8c8c9oc%10ccccc%10c9ccc87)c6)c5)c4)c23)cc1. The summed E-state index contributed by atoms with van der Waals surface area (Å²) in [5, 5.41) is 16.6. The van der Waals surface area contributed by atoms with E-state index in [1.54, 1.807) is 0 Å². The molecular formula is C62H39N5O. The van der Waals surface area contributed by atoms with Crippen LogP contribution in [-0.4, -0.2) is 23.9 Å². The number of furan rings is 1. The number of fused-ring (bicyclic) bond motifs is 10. The third-order valence-electron chi connectivity index (χ3n) is 13.6. The third kappa shape index (κ3) is 5.84. The molecule has 0 N–H and O–H groups in total. The molecule has 14 rings (SSSR count). The van der Waals surface area contributed by atoms with E-state index in [-0.39, 0.29) is 0 Å². The smallest absolute Gasteiger partial charge is 0.168 e. The van der Waals surface area contributed by atoms with E-state index in [1.165, 1.54) is 10.8 Å². The molecule has 0 atom stereocenters. The first-order valence-corrected chi connectivity index (χ1v) is 23.0. The van der Waals surface area contributed by atoms with Crippen molar-refractivity contribution >= 4 is 65.6 Å². The molecule has 0 spiro atoms. The standard InChI is InChI=1S/C62H39N5O/c1-3-17-40(18-4-1)61-63-64-62(41-19-5-2-6-20-41)67(61)56-33-16-30-50-48-27-7-10-31-53(48)66(59(50)56)47-26-15-24-45(39-47)43-22-13-21-42(37-43)44-23-14-25-46(38-44)65-54-32-11-8-29-52(54)58-55(65)36-35-51-49-28-9-12-34-57(49)68-60(51)58/h1-39H. The summed E-state index contributed by atoms with van der Waals surface area (Å²) in [7, 11) is 0. The molecule has 318 valence electrons. The van der Waals surface area contributed by atoms with Crippen molar-refractivity contribution in [2.24, 2.45) is 0 Å². The van der Waals surface area contributed by atoms with Crippen LogP contribution in [0.2, 0.25) is 0 Å². The highest BCUT2D eigenvalue weighted by Crippen LogP contribution is 2.42. The second-order valence-corrected chi connectivity index (χ2v) is 17.4. The van der Waals surface area contributed by atoms with Gasteiger partial charge in [0.15, 0.2) is 11.6 Å². The van der Waals surface area contributed by atoms with Gasteiger partial charge in [0.1, 0.15) is 11.2 Å². The molecule has 6 nitrogen and oxygen atoms in total. The molecule has 10 aromatic carbocycles. The van der Waals surface area contributed by atoms with E-state index in [9.17, 15) is 0 Å². The average Bonchev–Trinajstić information content (AvgIpc) is 4.19. The predicted molar refractivity (Wildman–Crippen MR) is 279 cm³/mol. The monoisotopic (exact) mass is 869 g/mol. The maximum atomic E-state index is 6.59. The van der Waals surface area contributed by atoms with Crippen molar-refractivity contribution in [2.45, 2.75) is 0 Å². The normalized spacial score (nSPS) is 11.8. The van der Waals surface area contributed by atoms with Crippen molar-refractivity contribution in [3.05, 3.63) is 237 Å². The van der Waals surface area contributed by atoms with E-state index in [1.807, 2.05) is 18.2 Å². The summed E-state index contributed by atoms with van der Waals surface area (Å²) < 4.78 is 13.6. The third-order valence-corrected chi connectivity index (χ3v) is 13.6. The van der Waals surface area contributed by atoms with Gasteiger partial charge >= 0.3 is 0 Å². The van der Waals surface area contributed by atoms with E-state index in [0.29, 0.717) is 0 Å². The lowest BCUT2D eigenvalue weighted by Gasteiger charge is -2.16. The van der Waals surface area contributed by atoms with Gasteiger partial charge in [0.2, 0.25) is 0 Å². The quantitative estimate of drug-likeness (QED) is 0.160. The zero-order chi connectivity index (χ0) is 44.7. The minimum absolute atomic E-state index is 0.782. The Morgan fingerprint density at radius 2 is 0.809 bits per heavy atom. The second-order valence-electron chi connectivity index (χ2n) is 17.4. The van der Waals surface area contributed by atoms with Gasteiger partial charge in [-0.25, -0.2) is 0 Å². The number of benzene rings is 10. The maximum Gasteiger partial charge on any atom is 0.168 e. The Hall–Kier alpha value is -9.26. The summed E-state index contributed by atoms with van der Waals surface area (Å²) in [6.45, 7) is 0. The van der Waals surface area contributed by atoms with E-state index in [4.69, 9.17) is 14.6 Å². The summed E-state index contributed by atoms with van der Waals surface area (Å²) >= 11 is 0. The van der Waals surface area contributed by atoms with Crippen molar-refractivity contribution in [1.29, 1.82) is 0 Å². The lowest BCUT2D eigenvalue weighted by molar-refractivity contribution is 0.673. The molecule has 4 heterocycles. The number of hydrogen-bond acceptors (Lipinski definition) is 3. The molecule has 0 unspecified atom stereocenters. The first kappa shape index (κ1) is 38.1. The van der Waals surface area contributed by atoms with Crippen molar-refractivity contribution < 1.29 is 4.42 Å². The summed E-state index contributed by atoms with van der Waals surface area (Å²) in [6.07, 6.45) is 0. The fourth-order valence-corrected chi connectivity index (χ4v) is 10.6. The van der Waals surface area contributed by atoms with Crippen LogP contribution in [0, 0.1) is 0 Å². The molecule has 68 heavy (non-hydrogen) atoms. The van der Waals surface area contributed by atoms with Crippen LogP contribution in [0.15, 0.2) is 241 Å².